The number of nitrogens with zero attached hydrogens (tertiary/aromatic N) is 3. The van der Waals surface area contributed by atoms with E-state index in [1.807, 2.05) is 24.3 Å². The summed E-state index contributed by atoms with van der Waals surface area (Å²) in [5.41, 5.74) is 1.69. The summed E-state index contributed by atoms with van der Waals surface area (Å²) in [6.07, 6.45) is 2.08. The van der Waals surface area contributed by atoms with Crippen molar-refractivity contribution in [2.24, 2.45) is 0 Å². The van der Waals surface area contributed by atoms with Crippen LogP contribution in [0.5, 0.6) is 11.5 Å². The van der Waals surface area contributed by atoms with Gasteiger partial charge in [-0.05, 0) is 30.2 Å². The molecule has 3 aromatic rings. The zero-order valence-corrected chi connectivity index (χ0v) is 14.5. The average molecular weight is 372 g/mol. The zero-order chi connectivity index (χ0) is 18.8. The SMILES string of the molecule is COc1ccc([C@H]2C[C@@H](c3ccccc3OC(F)F)Nc3ncnn32)cc1. The molecule has 0 amide bonds. The first-order valence-corrected chi connectivity index (χ1v) is 8.49. The Morgan fingerprint density at radius 1 is 1.15 bits per heavy atom. The average Bonchev–Trinajstić information content (AvgIpc) is 3.16. The van der Waals surface area contributed by atoms with E-state index in [9.17, 15) is 8.78 Å². The molecule has 0 fully saturated rings. The van der Waals surface area contributed by atoms with Crippen LogP contribution in [0.1, 0.15) is 29.6 Å². The number of hydrogen-bond donors (Lipinski definition) is 1. The molecule has 0 aliphatic carbocycles. The van der Waals surface area contributed by atoms with Gasteiger partial charge in [-0.1, -0.05) is 30.3 Å². The number of alkyl halides is 2. The third-order valence-corrected chi connectivity index (χ3v) is 4.64. The number of halogens is 2. The minimum absolute atomic E-state index is 0.0979. The van der Waals surface area contributed by atoms with Gasteiger partial charge >= 0.3 is 6.61 Å². The predicted octanol–water partition coefficient (Wildman–Crippen LogP) is 4.03. The molecule has 0 unspecified atom stereocenters. The van der Waals surface area contributed by atoms with E-state index in [-0.39, 0.29) is 17.8 Å². The molecule has 0 spiro atoms. The Morgan fingerprint density at radius 2 is 1.93 bits per heavy atom. The van der Waals surface area contributed by atoms with Crippen molar-refractivity contribution >= 4 is 5.95 Å². The maximum atomic E-state index is 12.8. The Bertz CT molecular complexity index is 914. The minimum atomic E-state index is -2.88. The van der Waals surface area contributed by atoms with Crippen molar-refractivity contribution < 1.29 is 18.3 Å². The summed E-state index contributed by atoms with van der Waals surface area (Å²) in [4.78, 5) is 4.26. The van der Waals surface area contributed by atoms with E-state index in [1.165, 1.54) is 6.33 Å². The molecule has 1 aromatic heterocycles. The Kier molecular flexibility index (Phi) is 4.62. The molecule has 2 heterocycles. The highest BCUT2D eigenvalue weighted by atomic mass is 19.3. The fraction of sp³-hybridized carbons (Fsp3) is 0.263. The zero-order valence-electron chi connectivity index (χ0n) is 14.5. The number of ether oxygens (including phenoxy) is 2. The normalized spacial score (nSPS) is 18.7. The second-order valence-corrected chi connectivity index (χ2v) is 6.17. The molecule has 140 valence electrons. The number of aromatic nitrogens is 3. The van der Waals surface area contributed by atoms with Crippen LogP contribution in [0, 0.1) is 0 Å². The summed E-state index contributed by atoms with van der Waals surface area (Å²) < 4.78 is 37.3. The number of methoxy groups -OCH3 is 1. The van der Waals surface area contributed by atoms with Crippen LogP contribution in [0.25, 0.3) is 0 Å². The Balaban J connectivity index is 1.69. The quantitative estimate of drug-likeness (QED) is 0.733. The molecule has 1 aliphatic rings. The van der Waals surface area contributed by atoms with Gasteiger partial charge in [0.15, 0.2) is 0 Å². The fourth-order valence-corrected chi connectivity index (χ4v) is 3.40. The van der Waals surface area contributed by atoms with E-state index in [2.05, 4.69) is 15.4 Å². The molecule has 2 atom stereocenters. The van der Waals surface area contributed by atoms with Crippen LogP contribution in [0.4, 0.5) is 14.7 Å². The molecule has 0 radical (unpaired) electrons. The lowest BCUT2D eigenvalue weighted by Crippen LogP contribution is -2.28. The van der Waals surface area contributed by atoms with Crippen molar-refractivity contribution in [1.29, 1.82) is 0 Å². The third-order valence-electron chi connectivity index (χ3n) is 4.64. The number of hydrogen-bond acceptors (Lipinski definition) is 5. The Hall–Kier alpha value is -3.16. The van der Waals surface area contributed by atoms with Gasteiger partial charge in [0.25, 0.3) is 0 Å². The van der Waals surface area contributed by atoms with E-state index in [4.69, 9.17) is 9.47 Å². The number of benzene rings is 2. The van der Waals surface area contributed by atoms with Crippen molar-refractivity contribution in [2.75, 3.05) is 12.4 Å². The molecule has 1 N–H and O–H groups in total. The second kappa shape index (κ2) is 7.22. The standard InChI is InChI=1S/C19H18F2N4O2/c1-26-13-8-6-12(7-9-13)16-10-15(24-19-22-11-23-25(16)19)14-4-2-3-5-17(14)27-18(20)21/h2-9,11,15-16,18H,10H2,1H3,(H,22,23,24)/t15-,16+/m0/s1. The van der Waals surface area contributed by atoms with Crippen LogP contribution in [0.2, 0.25) is 0 Å². The van der Waals surface area contributed by atoms with Gasteiger partial charge in [0, 0.05) is 5.56 Å². The molecule has 27 heavy (non-hydrogen) atoms. The van der Waals surface area contributed by atoms with E-state index in [0.29, 0.717) is 17.9 Å². The van der Waals surface area contributed by atoms with Gasteiger partial charge in [-0.15, -0.1) is 0 Å². The summed E-state index contributed by atoms with van der Waals surface area (Å²) in [7, 11) is 1.62. The highest BCUT2D eigenvalue weighted by Gasteiger charge is 2.31. The highest BCUT2D eigenvalue weighted by Crippen LogP contribution is 2.40. The summed E-state index contributed by atoms with van der Waals surface area (Å²) >= 11 is 0. The molecular weight excluding hydrogens is 354 g/mol. The molecule has 0 saturated carbocycles. The van der Waals surface area contributed by atoms with Crippen molar-refractivity contribution in [3.05, 3.63) is 66.0 Å². The Morgan fingerprint density at radius 3 is 2.67 bits per heavy atom. The lowest BCUT2D eigenvalue weighted by Gasteiger charge is -2.32. The number of nitrogens with one attached hydrogen (secondary N) is 1. The summed E-state index contributed by atoms with van der Waals surface area (Å²) in [5, 5.41) is 7.59. The minimum Gasteiger partial charge on any atom is -0.497 e. The van der Waals surface area contributed by atoms with Gasteiger partial charge in [0.05, 0.1) is 19.2 Å². The fourth-order valence-electron chi connectivity index (χ4n) is 3.40. The number of para-hydroxylation sites is 1. The monoisotopic (exact) mass is 372 g/mol. The lowest BCUT2D eigenvalue weighted by molar-refractivity contribution is -0.0506. The van der Waals surface area contributed by atoms with Gasteiger partial charge < -0.3 is 14.8 Å². The van der Waals surface area contributed by atoms with E-state index in [1.54, 1.807) is 36.1 Å². The molecule has 8 heteroatoms. The molecule has 0 saturated heterocycles. The van der Waals surface area contributed by atoms with Crippen LogP contribution < -0.4 is 14.8 Å². The third kappa shape index (κ3) is 3.42. The maximum absolute atomic E-state index is 12.8. The molecule has 1 aliphatic heterocycles. The first kappa shape index (κ1) is 17.3. The largest absolute Gasteiger partial charge is 0.497 e. The van der Waals surface area contributed by atoms with Crippen molar-refractivity contribution in [1.82, 2.24) is 14.8 Å². The maximum Gasteiger partial charge on any atom is 0.387 e. The molecule has 2 aromatic carbocycles. The molecule has 0 bridgehead atoms. The summed E-state index contributed by atoms with van der Waals surface area (Å²) in [6.45, 7) is -2.88. The molecular formula is C19H18F2N4O2. The number of anilines is 1. The van der Waals surface area contributed by atoms with Crippen LogP contribution >= 0.6 is 0 Å². The van der Waals surface area contributed by atoms with Crippen LogP contribution in [0.3, 0.4) is 0 Å². The van der Waals surface area contributed by atoms with Crippen LogP contribution in [-0.2, 0) is 0 Å². The first-order chi connectivity index (χ1) is 13.2. The van der Waals surface area contributed by atoms with Crippen molar-refractivity contribution in [2.45, 2.75) is 25.1 Å². The van der Waals surface area contributed by atoms with Gasteiger partial charge in [-0.2, -0.15) is 18.9 Å². The van der Waals surface area contributed by atoms with Gasteiger partial charge in [0.1, 0.15) is 17.8 Å². The number of fused-ring (bicyclic) bond motifs is 1. The van der Waals surface area contributed by atoms with Crippen LogP contribution in [0.15, 0.2) is 54.9 Å². The van der Waals surface area contributed by atoms with Crippen molar-refractivity contribution in [3.63, 3.8) is 0 Å². The van der Waals surface area contributed by atoms with E-state index >= 15 is 0 Å². The van der Waals surface area contributed by atoms with E-state index < -0.39 is 6.61 Å². The number of rotatable bonds is 5. The van der Waals surface area contributed by atoms with Gasteiger partial charge in [0.2, 0.25) is 5.95 Å². The lowest BCUT2D eigenvalue weighted by atomic mass is 9.93. The Labute approximate surface area is 154 Å². The topological polar surface area (TPSA) is 61.2 Å². The van der Waals surface area contributed by atoms with Gasteiger partial charge in [-0.3, -0.25) is 0 Å². The molecule has 6 nitrogen and oxygen atoms in total. The predicted molar refractivity (Wildman–Crippen MR) is 95.2 cm³/mol. The van der Waals surface area contributed by atoms with E-state index in [0.717, 1.165) is 11.3 Å². The van der Waals surface area contributed by atoms with Crippen molar-refractivity contribution in [3.8, 4) is 11.5 Å². The summed E-state index contributed by atoms with van der Waals surface area (Å²) in [6, 6.07) is 14.2. The molecule has 4 rings (SSSR count). The first-order valence-electron chi connectivity index (χ1n) is 8.49. The van der Waals surface area contributed by atoms with Gasteiger partial charge in [-0.25, -0.2) is 4.68 Å². The summed E-state index contributed by atoms with van der Waals surface area (Å²) in [5.74, 6) is 1.50. The second-order valence-electron chi connectivity index (χ2n) is 6.17. The highest BCUT2D eigenvalue weighted by molar-refractivity contribution is 5.44. The smallest absolute Gasteiger partial charge is 0.387 e. The van der Waals surface area contributed by atoms with Crippen LogP contribution in [-0.4, -0.2) is 28.5 Å².